The van der Waals surface area contributed by atoms with E-state index >= 15 is 0 Å². The van der Waals surface area contributed by atoms with Crippen LogP contribution in [-0.2, 0) is 75.2 Å². The number of carbonyl (C=O) groups excluding carboxylic acids is 12. The Balaban J connectivity index is 1.82. The van der Waals surface area contributed by atoms with Crippen LogP contribution in [0, 0.1) is 23.7 Å². The van der Waals surface area contributed by atoms with Gasteiger partial charge in [-0.15, -0.1) is 0 Å². The van der Waals surface area contributed by atoms with Gasteiger partial charge in [0.25, 0.3) is 0 Å². The van der Waals surface area contributed by atoms with Gasteiger partial charge in [-0.05, 0) is 177 Å². The zero-order chi connectivity index (χ0) is 80.9. The summed E-state index contributed by atoms with van der Waals surface area (Å²) >= 11 is 0. The molecule has 1 aliphatic heterocycles. The number of phenolic OH excluding ortho intramolecular Hbond substituents is 1. The molecule has 33 nitrogen and oxygen atoms in total. The number of aliphatic hydroxyl groups excluding tert-OH is 1. The van der Waals surface area contributed by atoms with E-state index in [4.69, 9.17) is 28.7 Å². The lowest BCUT2D eigenvalue weighted by molar-refractivity contribution is -0.143. The number of likely N-dealkylation sites (tertiary alicyclic amines) is 1. The van der Waals surface area contributed by atoms with Crippen LogP contribution in [-0.4, -0.2) is 214 Å². The second kappa shape index (κ2) is 48.5. The predicted molar refractivity (Wildman–Crippen MR) is 406 cm³/mol. The third-order valence-corrected chi connectivity index (χ3v) is 18.7. The Morgan fingerprint density at radius 2 is 0.796 bits per heavy atom. The maximum atomic E-state index is 14.5. The Kier molecular flexibility index (Phi) is 41.9. The highest BCUT2D eigenvalue weighted by atomic mass is 16.4. The molecule has 2 aromatic carbocycles. The standard InChI is InChI=1S/C75H125N17O16/c1-42(2)39-55(67(99)87-57(75(107)108)41-48-23-12-11-13-24-48)85-71(103)60(44(5)6)89-68(100)56(40-49-30-32-50(94)33-31-49)86-73(105)62(47(10)93)91-69(101)58-29-22-38-92(58)74(106)46(9)81-70(102)59(43(3)4)90-72(104)61(45(7)8)88-66(98)54(28-17-21-37-79)84-65(97)53(27-16-20-36-78)83-64(96)52(26-15-19-35-77)82-63(95)51(80)25-14-18-34-76/h11-13,23-24,30-33,42-47,51-62,93-94H,14-22,25-29,34-41,76-80H2,1-10H3,(H,81,102)(H,82,95)(H,83,96)(H,84,97)(H,85,103)(H,86,105)(H,87,99)(H,88,98)(H,89,100)(H,90,104)(H,91,101)(H,107,108)/t46-,47+,51-,52-,53-,54-,55-,56-,57-,58-,59-,60-,61-,62-/m0/s1. The summed E-state index contributed by atoms with van der Waals surface area (Å²) in [5.74, 6) is -12.8. The van der Waals surface area contributed by atoms with Crippen molar-refractivity contribution in [3.63, 3.8) is 0 Å². The average Bonchev–Trinajstić information content (AvgIpc) is 1.67. The molecule has 0 saturated carbocycles. The highest BCUT2D eigenvalue weighted by molar-refractivity contribution is 6.00. The number of amides is 12. The zero-order valence-corrected chi connectivity index (χ0v) is 64.6. The Labute approximate surface area is 634 Å². The smallest absolute Gasteiger partial charge is 0.326 e. The Hall–Kier alpha value is -8.89. The lowest BCUT2D eigenvalue weighted by atomic mass is 9.98. The van der Waals surface area contributed by atoms with Crippen molar-refractivity contribution < 1.29 is 77.6 Å². The minimum Gasteiger partial charge on any atom is -0.508 e. The van der Waals surface area contributed by atoms with Gasteiger partial charge in [0.15, 0.2) is 0 Å². The molecule has 2 aromatic rings. The number of nitrogens with two attached hydrogens (primary N) is 5. The van der Waals surface area contributed by atoms with Gasteiger partial charge in [-0.25, -0.2) is 4.79 Å². The highest BCUT2D eigenvalue weighted by Gasteiger charge is 2.42. The Morgan fingerprint density at radius 3 is 1.25 bits per heavy atom. The number of unbranched alkanes of at least 4 members (excludes halogenated alkanes) is 4. The summed E-state index contributed by atoms with van der Waals surface area (Å²) in [6, 6.07) is -2.48. The van der Waals surface area contributed by atoms with Gasteiger partial charge in [-0.1, -0.05) is 104 Å². The van der Waals surface area contributed by atoms with Crippen LogP contribution in [0.5, 0.6) is 5.75 Å². The van der Waals surface area contributed by atoms with Crippen molar-refractivity contribution in [2.45, 2.75) is 263 Å². The van der Waals surface area contributed by atoms with Crippen molar-refractivity contribution in [1.82, 2.24) is 63.4 Å². The fourth-order valence-corrected chi connectivity index (χ4v) is 12.3. The molecule has 0 radical (unpaired) electrons. The van der Waals surface area contributed by atoms with Crippen molar-refractivity contribution in [3.8, 4) is 5.75 Å². The number of rotatable bonds is 50. The molecule has 1 fully saturated rings. The van der Waals surface area contributed by atoms with Gasteiger partial charge in [0.1, 0.15) is 78.3 Å². The molecule has 0 bridgehead atoms. The first-order chi connectivity index (χ1) is 51.1. The minimum absolute atomic E-state index is 0.0291. The highest BCUT2D eigenvalue weighted by Crippen LogP contribution is 2.21. The number of hydrogen-bond donors (Lipinski definition) is 19. The van der Waals surface area contributed by atoms with Crippen LogP contribution >= 0.6 is 0 Å². The van der Waals surface area contributed by atoms with Crippen LogP contribution in [0.25, 0.3) is 0 Å². The van der Waals surface area contributed by atoms with Gasteiger partial charge in [0.05, 0.1) is 12.1 Å². The molecule has 606 valence electrons. The first-order valence-electron chi connectivity index (χ1n) is 38.0. The summed E-state index contributed by atoms with van der Waals surface area (Å²) in [4.78, 5) is 184. The summed E-state index contributed by atoms with van der Waals surface area (Å²) in [6.07, 6.45) is 3.30. The quantitative estimate of drug-likeness (QED) is 0.0348. The molecular formula is C75H125N17O16. The van der Waals surface area contributed by atoms with Gasteiger partial charge in [-0.3, -0.25) is 57.5 Å². The maximum absolute atomic E-state index is 14.5. The number of aromatic hydroxyl groups is 1. The molecule has 24 N–H and O–H groups in total. The van der Waals surface area contributed by atoms with Crippen molar-refractivity contribution in [2.75, 3.05) is 32.7 Å². The van der Waals surface area contributed by atoms with E-state index in [1.165, 1.54) is 43.0 Å². The number of hydrogen-bond acceptors (Lipinski definition) is 20. The Morgan fingerprint density at radius 1 is 0.426 bits per heavy atom. The van der Waals surface area contributed by atoms with E-state index in [-0.39, 0.29) is 69.7 Å². The number of nitrogens with one attached hydrogen (secondary N) is 11. The van der Waals surface area contributed by atoms with Crippen LogP contribution in [0.4, 0.5) is 0 Å². The third kappa shape index (κ3) is 32.1. The zero-order valence-electron chi connectivity index (χ0n) is 64.6. The maximum Gasteiger partial charge on any atom is 0.326 e. The molecule has 108 heavy (non-hydrogen) atoms. The molecular weight excluding hydrogens is 1390 g/mol. The summed E-state index contributed by atoms with van der Waals surface area (Å²) in [6.45, 7) is 17.4. The first-order valence-corrected chi connectivity index (χ1v) is 38.0. The Bertz CT molecular complexity index is 3220. The fraction of sp³-hybridized carbons (Fsp3) is 0.667. The number of nitrogens with zero attached hydrogens (tertiary/aromatic N) is 1. The van der Waals surface area contributed by atoms with Gasteiger partial charge >= 0.3 is 5.97 Å². The normalized spacial score (nSPS) is 16.5. The van der Waals surface area contributed by atoms with E-state index in [0.717, 1.165) is 0 Å². The second-order valence-electron chi connectivity index (χ2n) is 29.5. The number of carboxylic acids is 1. The molecule has 3 rings (SSSR count). The largest absolute Gasteiger partial charge is 0.508 e. The predicted octanol–water partition coefficient (Wildman–Crippen LogP) is -1.16. The van der Waals surface area contributed by atoms with Gasteiger partial charge < -0.3 is 107 Å². The first kappa shape index (κ1) is 93.3. The molecule has 14 atom stereocenters. The minimum atomic E-state index is -1.75. The molecule has 0 spiro atoms. The molecule has 33 heteroatoms. The van der Waals surface area contributed by atoms with Crippen molar-refractivity contribution >= 4 is 76.9 Å². The van der Waals surface area contributed by atoms with Crippen molar-refractivity contribution in [3.05, 3.63) is 65.7 Å². The lowest BCUT2D eigenvalue weighted by Gasteiger charge is -2.31. The van der Waals surface area contributed by atoms with E-state index in [2.05, 4.69) is 58.5 Å². The van der Waals surface area contributed by atoms with Crippen molar-refractivity contribution in [1.29, 1.82) is 0 Å². The van der Waals surface area contributed by atoms with E-state index in [9.17, 15) is 77.6 Å². The lowest BCUT2D eigenvalue weighted by Crippen LogP contribution is -2.62. The second-order valence-corrected chi connectivity index (χ2v) is 29.5. The summed E-state index contributed by atoms with van der Waals surface area (Å²) in [7, 11) is 0. The molecule has 1 saturated heterocycles. The van der Waals surface area contributed by atoms with E-state index in [1.54, 1.807) is 85.7 Å². The third-order valence-electron chi connectivity index (χ3n) is 18.7. The van der Waals surface area contributed by atoms with Crippen LogP contribution in [0.2, 0.25) is 0 Å². The molecule has 0 unspecified atom stereocenters. The van der Waals surface area contributed by atoms with Crippen LogP contribution in [0.3, 0.4) is 0 Å². The average molecular weight is 1520 g/mol. The van der Waals surface area contributed by atoms with Gasteiger partial charge in [0.2, 0.25) is 70.9 Å². The number of aliphatic hydroxyl groups is 1. The topological polar surface area (TPSA) is 548 Å². The molecule has 1 heterocycles. The molecule has 1 aliphatic rings. The van der Waals surface area contributed by atoms with Crippen molar-refractivity contribution in [2.24, 2.45) is 52.3 Å². The monoisotopic (exact) mass is 1520 g/mol. The van der Waals surface area contributed by atoms with E-state index in [0.29, 0.717) is 95.0 Å². The molecule has 0 aliphatic carbocycles. The summed E-state index contributed by atoms with van der Waals surface area (Å²) < 4.78 is 0. The SMILES string of the molecule is CC(C)C[C@H](NC(=O)[C@@H](NC(=O)[C@H](Cc1ccc(O)cc1)NC(=O)[C@@H](NC(=O)[C@@H]1CCCN1C(=O)[C@H](C)NC(=O)[C@@H](NC(=O)[C@@H](NC(=O)[C@H](CCCCN)NC(=O)[C@H](CCCCN)NC(=O)[C@H](CCCCN)NC(=O)[C@@H](N)CCCCN)C(C)C)C(C)C)[C@@H](C)O)C(C)C)C(=O)N[C@@H](Cc1ccccc1)C(=O)O. The van der Waals surface area contributed by atoms with Crippen LogP contribution in [0.15, 0.2) is 54.6 Å². The molecule has 12 amide bonds. The van der Waals surface area contributed by atoms with Crippen LogP contribution in [0.1, 0.15) is 177 Å². The number of phenols is 1. The number of aliphatic carboxylic acids is 1. The van der Waals surface area contributed by atoms with Gasteiger partial charge in [-0.2, -0.15) is 0 Å². The fourth-order valence-electron chi connectivity index (χ4n) is 12.3. The van der Waals surface area contributed by atoms with Crippen LogP contribution < -0.4 is 87.2 Å². The van der Waals surface area contributed by atoms with E-state index < -0.39 is 179 Å². The summed E-state index contributed by atoms with van der Waals surface area (Å²) in [5.41, 5.74) is 30.2. The number of carboxylic acid groups (broad SMARTS) is 1. The molecule has 0 aromatic heterocycles. The van der Waals surface area contributed by atoms with Gasteiger partial charge in [0, 0.05) is 19.4 Å². The number of benzene rings is 2. The number of carbonyl (C=O) groups is 13. The van der Waals surface area contributed by atoms with E-state index in [1.807, 2.05) is 0 Å². The summed E-state index contributed by atoms with van der Waals surface area (Å²) in [5, 5.41) is 60.7.